The summed E-state index contributed by atoms with van der Waals surface area (Å²) in [6.45, 7) is 4.87. The summed E-state index contributed by atoms with van der Waals surface area (Å²) in [7, 11) is 0. The van der Waals surface area contributed by atoms with Crippen molar-refractivity contribution in [2.24, 2.45) is 11.8 Å². The lowest BCUT2D eigenvalue weighted by molar-refractivity contribution is -0.142. The van der Waals surface area contributed by atoms with Gasteiger partial charge in [-0.25, -0.2) is 0 Å². The Balaban J connectivity index is 1.61. The molecular formula is C22H31ClN2O3. The number of amides is 2. The Morgan fingerprint density at radius 1 is 1.14 bits per heavy atom. The monoisotopic (exact) mass is 406 g/mol. The maximum Gasteiger partial charge on any atom is 0.245 e. The van der Waals surface area contributed by atoms with Gasteiger partial charge in [0.05, 0.1) is 5.60 Å². The summed E-state index contributed by atoms with van der Waals surface area (Å²) in [4.78, 5) is 27.4. The zero-order valence-electron chi connectivity index (χ0n) is 16.8. The summed E-state index contributed by atoms with van der Waals surface area (Å²) in [5.74, 6) is 0.0408. The first-order chi connectivity index (χ1) is 13.3. The topological polar surface area (TPSA) is 69.6 Å². The number of carbonyl (C=O) groups is 2. The van der Waals surface area contributed by atoms with Crippen molar-refractivity contribution in [1.82, 2.24) is 10.2 Å². The normalized spacial score (nSPS) is 21.0. The molecule has 0 unspecified atom stereocenters. The van der Waals surface area contributed by atoms with Crippen LogP contribution in [0.3, 0.4) is 0 Å². The summed E-state index contributed by atoms with van der Waals surface area (Å²) in [5.41, 5.74) is -0.110. The number of nitrogens with one attached hydrogen (secondary N) is 1. The predicted molar refractivity (Wildman–Crippen MR) is 110 cm³/mol. The Morgan fingerprint density at radius 2 is 1.71 bits per heavy atom. The van der Waals surface area contributed by atoms with Crippen LogP contribution in [0.25, 0.3) is 0 Å². The van der Waals surface area contributed by atoms with E-state index in [4.69, 9.17) is 11.6 Å². The van der Waals surface area contributed by atoms with Gasteiger partial charge in [0.2, 0.25) is 11.8 Å². The molecule has 28 heavy (non-hydrogen) atoms. The van der Waals surface area contributed by atoms with Crippen LogP contribution in [0.5, 0.6) is 0 Å². The standard InChI is InChI=1S/C22H31ClN2O3/c1-15(2)19(24-20(26)16-5-3-4-6-16)21(27)25-13-11-22(28,12-14-25)17-7-9-18(23)10-8-17/h7-10,15-16,19,28H,3-6,11-14H2,1-2H3,(H,24,26)/t19-/m1/s1. The first-order valence-electron chi connectivity index (χ1n) is 10.4. The zero-order chi connectivity index (χ0) is 20.3. The molecule has 1 aliphatic heterocycles. The molecule has 0 bridgehead atoms. The molecular weight excluding hydrogens is 376 g/mol. The number of carbonyl (C=O) groups excluding carboxylic acids is 2. The number of rotatable bonds is 5. The molecule has 5 nitrogen and oxygen atoms in total. The summed E-state index contributed by atoms with van der Waals surface area (Å²) >= 11 is 5.94. The van der Waals surface area contributed by atoms with Crippen LogP contribution in [0, 0.1) is 11.8 Å². The van der Waals surface area contributed by atoms with Gasteiger partial charge < -0.3 is 15.3 Å². The predicted octanol–water partition coefficient (Wildman–Crippen LogP) is 3.48. The fourth-order valence-corrected chi connectivity index (χ4v) is 4.44. The van der Waals surface area contributed by atoms with Crippen molar-refractivity contribution in [2.45, 2.75) is 64.0 Å². The molecule has 6 heteroatoms. The van der Waals surface area contributed by atoms with Crippen LogP contribution in [0.4, 0.5) is 0 Å². The highest BCUT2D eigenvalue weighted by Crippen LogP contribution is 2.34. The molecule has 1 saturated heterocycles. The van der Waals surface area contributed by atoms with Crippen molar-refractivity contribution in [1.29, 1.82) is 0 Å². The highest BCUT2D eigenvalue weighted by molar-refractivity contribution is 6.30. The van der Waals surface area contributed by atoms with E-state index in [2.05, 4.69) is 5.32 Å². The van der Waals surface area contributed by atoms with Gasteiger partial charge >= 0.3 is 0 Å². The molecule has 154 valence electrons. The first-order valence-corrected chi connectivity index (χ1v) is 10.8. The molecule has 1 aromatic rings. The van der Waals surface area contributed by atoms with E-state index < -0.39 is 11.6 Å². The van der Waals surface area contributed by atoms with Crippen molar-refractivity contribution < 1.29 is 14.7 Å². The van der Waals surface area contributed by atoms with Gasteiger partial charge in [0.15, 0.2) is 0 Å². The van der Waals surface area contributed by atoms with Gasteiger partial charge in [-0.2, -0.15) is 0 Å². The summed E-state index contributed by atoms with van der Waals surface area (Å²) in [6.07, 6.45) is 4.97. The maximum atomic E-state index is 13.1. The molecule has 0 radical (unpaired) electrons. The van der Waals surface area contributed by atoms with E-state index in [1.165, 1.54) is 0 Å². The Bertz CT molecular complexity index is 690. The zero-order valence-corrected chi connectivity index (χ0v) is 17.5. The lowest BCUT2D eigenvalue weighted by atomic mass is 9.84. The van der Waals surface area contributed by atoms with Crippen molar-refractivity contribution >= 4 is 23.4 Å². The van der Waals surface area contributed by atoms with Crippen LogP contribution in [-0.2, 0) is 15.2 Å². The van der Waals surface area contributed by atoms with Crippen LogP contribution in [0.1, 0.15) is 57.9 Å². The molecule has 3 rings (SSSR count). The Kier molecular flexibility index (Phi) is 6.66. The second-order valence-corrected chi connectivity index (χ2v) is 9.01. The van der Waals surface area contributed by atoms with E-state index in [9.17, 15) is 14.7 Å². The Hall–Kier alpha value is -1.59. The van der Waals surface area contributed by atoms with Gasteiger partial charge in [-0.05, 0) is 49.3 Å². The van der Waals surface area contributed by atoms with Gasteiger partial charge in [-0.3, -0.25) is 9.59 Å². The molecule has 0 aromatic heterocycles. The number of nitrogens with zero attached hydrogens (tertiary/aromatic N) is 1. The van der Waals surface area contributed by atoms with Crippen molar-refractivity contribution in [3.8, 4) is 0 Å². The molecule has 1 aromatic carbocycles. The van der Waals surface area contributed by atoms with E-state index in [0.717, 1.165) is 31.2 Å². The highest BCUT2D eigenvalue weighted by atomic mass is 35.5. The van der Waals surface area contributed by atoms with E-state index in [-0.39, 0.29) is 23.7 Å². The lowest BCUT2D eigenvalue weighted by Gasteiger charge is -2.40. The van der Waals surface area contributed by atoms with Gasteiger partial charge in [0.1, 0.15) is 6.04 Å². The molecule has 0 spiro atoms. The smallest absolute Gasteiger partial charge is 0.245 e. The highest BCUT2D eigenvalue weighted by Gasteiger charge is 2.38. The Morgan fingerprint density at radius 3 is 2.25 bits per heavy atom. The number of hydrogen-bond donors (Lipinski definition) is 2. The molecule has 1 saturated carbocycles. The minimum absolute atomic E-state index is 0.0132. The van der Waals surface area contributed by atoms with Crippen molar-refractivity contribution in [2.75, 3.05) is 13.1 Å². The van der Waals surface area contributed by atoms with Crippen LogP contribution in [0.15, 0.2) is 24.3 Å². The maximum absolute atomic E-state index is 13.1. The fraction of sp³-hybridized carbons (Fsp3) is 0.636. The third-order valence-corrected chi connectivity index (χ3v) is 6.49. The van der Waals surface area contributed by atoms with Gasteiger partial charge in [0, 0.05) is 24.0 Å². The summed E-state index contributed by atoms with van der Waals surface area (Å²) in [5, 5.41) is 14.7. The van der Waals surface area contributed by atoms with Gasteiger partial charge in [0.25, 0.3) is 0 Å². The molecule has 1 heterocycles. The van der Waals surface area contributed by atoms with Crippen molar-refractivity contribution in [3.05, 3.63) is 34.9 Å². The van der Waals surface area contributed by atoms with E-state index >= 15 is 0 Å². The molecule has 2 amide bonds. The molecule has 2 N–H and O–H groups in total. The third kappa shape index (κ3) is 4.69. The quantitative estimate of drug-likeness (QED) is 0.786. The van der Waals surface area contributed by atoms with Crippen LogP contribution in [0.2, 0.25) is 5.02 Å². The first kappa shape index (κ1) is 21.1. The lowest BCUT2D eigenvalue weighted by Crippen LogP contribution is -2.55. The van der Waals surface area contributed by atoms with E-state index in [1.807, 2.05) is 26.0 Å². The Labute approximate surface area is 172 Å². The minimum atomic E-state index is -0.943. The van der Waals surface area contributed by atoms with Crippen LogP contribution in [-0.4, -0.2) is 41.0 Å². The molecule has 2 aliphatic rings. The van der Waals surface area contributed by atoms with E-state index in [1.54, 1.807) is 17.0 Å². The summed E-state index contributed by atoms with van der Waals surface area (Å²) in [6, 6.07) is 6.74. The average Bonchev–Trinajstić information content (AvgIpc) is 3.21. The average molecular weight is 407 g/mol. The van der Waals surface area contributed by atoms with Gasteiger partial charge in [-0.1, -0.05) is 50.4 Å². The number of piperidine rings is 1. The molecule has 1 atom stereocenters. The van der Waals surface area contributed by atoms with Crippen LogP contribution < -0.4 is 5.32 Å². The number of benzene rings is 1. The summed E-state index contributed by atoms with van der Waals surface area (Å²) < 4.78 is 0. The number of likely N-dealkylation sites (tertiary alicyclic amines) is 1. The number of halogens is 1. The molecule has 1 aliphatic carbocycles. The largest absolute Gasteiger partial charge is 0.385 e. The second kappa shape index (κ2) is 8.83. The minimum Gasteiger partial charge on any atom is -0.385 e. The van der Waals surface area contributed by atoms with E-state index in [0.29, 0.717) is 31.0 Å². The second-order valence-electron chi connectivity index (χ2n) is 8.58. The SMILES string of the molecule is CC(C)[C@@H](NC(=O)C1CCCC1)C(=O)N1CCC(O)(c2ccc(Cl)cc2)CC1. The third-order valence-electron chi connectivity index (χ3n) is 6.24. The van der Waals surface area contributed by atoms with Crippen LogP contribution >= 0.6 is 11.6 Å². The van der Waals surface area contributed by atoms with Gasteiger partial charge in [-0.15, -0.1) is 0 Å². The fourth-order valence-electron chi connectivity index (χ4n) is 4.32. The van der Waals surface area contributed by atoms with Crippen molar-refractivity contribution in [3.63, 3.8) is 0 Å². The number of aliphatic hydroxyl groups is 1. The number of hydrogen-bond acceptors (Lipinski definition) is 3. The molecule has 2 fully saturated rings.